The number of hydrogen-bond acceptors (Lipinski definition) is 1. The first-order valence-electron chi connectivity index (χ1n) is 5.49. The predicted molar refractivity (Wildman–Crippen MR) is 66.8 cm³/mol. The zero-order valence-corrected chi connectivity index (χ0v) is 10.2. The van der Waals surface area contributed by atoms with Gasteiger partial charge in [-0.1, -0.05) is 36.7 Å². The summed E-state index contributed by atoms with van der Waals surface area (Å²) in [6, 6.07) is 7.54. The van der Waals surface area contributed by atoms with Crippen molar-refractivity contribution in [2.45, 2.75) is 19.8 Å². The fourth-order valence-corrected chi connectivity index (χ4v) is 1.54. The van der Waals surface area contributed by atoms with Gasteiger partial charge in [0, 0.05) is 18.1 Å². The molecule has 88 valence electrons. The third-order valence-electron chi connectivity index (χ3n) is 2.17. The van der Waals surface area contributed by atoms with Crippen molar-refractivity contribution in [3.05, 3.63) is 34.9 Å². The highest BCUT2D eigenvalue weighted by Gasteiger charge is 2.00. The van der Waals surface area contributed by atoms with Crippen molar-refractivity contribution >= 4 is 17.6 Å². The molecule has 1 rings (SSSR count). The summed E-state index contributed by atoms with van der Waals surface area (Å²) in [4.78, 5) is 11.2. The molecule has 2 amide bonds. The molecule has 1 aromatic rings. The standard InChI is InChI=1S/C12H17ClN2O/c1-2-8-14-12(16)15-9-7-10-5-3-4-6-11(10)13/h3-6H,2,7-9H2,1H3,(H2,14,15,16). The van der Waals surface area contributed by atoms with Crippen LogP contribution in [0.5, 0.6) is 0 Å². The number of carbonyl (C=O) groups is 1. The van der Waals surface area contributed by atoms with Crippen molar-refractivity contribution in [2.75, 3.05) is 13.1 Å². The lowest BCUT2D eigenvalue weighted by Crippen LogP contribution is -2.36. The lowest BCUT2D eigenvalue weighted by molar-refractivity contribution is 0.241. The van der Waals surface area contributed by atoms with E-state index in [1.54, 1.807) is 0 Å². The monoisotopic (exact) mass is 240 g/mol. The Kier molecular flexibility index (Phi) is 5.72. The topological polar surface area (TPSA) is 41.1 Å². The maximum atomic E-state index is 11.2. The summed E-state index contributed by atoms with van der Waals surface area (Å²) < 4.78 is 0. The first kappa shape index (κ1) is 12.8. The van der Waals surface area contributed by atoms with Gasteiger partial charge in [-0.15, -0.1) is 0 Å². The van der Waals surface area contributed by atoms with Crippen molar-refractivity contribution in [1.29, 1.82) is 0 Å². The highest BCUT2D eigenvalue weighted by molar-refractivity contribution is 6.31. The summed E-state index contributed by atoms with van der Waals surface area (Å²) in [6.45, 7) is 3.32. The van der Waals surface area contributed by atoms with Crippen molar-refractivity contribution in [3.8, 4) is 0 Å². The molecule has 0 saturated heterocycles. The van der Waals surface area contributed by atoms with Crippen LogP contribution in [0.4, 0.5) is 4.79 Å². The van der Waals surface area contributed by atoms with E-state index in [0.717, 1.165) is 23.4 Å². The summed E-state index contributed by atoms with van der Waals surface area (Å²) in [5.41, 5.74) is 1.06. The van der Waals surface area contributed by atoms with Crippen LogP contribution < -0.4 is 10.6 Å². The second-order valence-corrected chi connectivity index (χ2v) is 3.93. The second-order valence-electron chi connectivity index (χ2n) is 3.52. The molecule has 0 bridgehead atoms. The van der Waals surface area contributed by atoms with Crippen molar-refractivity contribution < 1.29 is 4.79 Å². The van der Waals surface area contributed by atoms with Crippen LogP contribution in [-0.2, 0) is 6.42 Å². The Labute approximate surface area is 101 Å². The van der Waals surface area contributed by atoms with Crippen LogP contribution in [0.2, 0.25) is 5.02 Å². The average Bonchev–Trinajstić information content (AvgIpc) is 2.29. The minimum atomic E-state index is -0.117. The highest BCUT2D eigenvalue weighted by Crippen LogP contribution is 2.14. The van der Waals surface area contributed by atoms with E-state index in [1.165, 1.54) is 0 Å². The van der Waals surface area contributed by atoms with E-state index >= 15 is 0 Å². The SMILES string of the molecule is CCCNC(=O)NCCc1ccccc1Cl. The molecule has 0 heterocycles. The quantitative estimate of drug-likeness (QED) is 0.816. The molecule has 0 radical (unpaired) electrons. The Morgan fingerprint density at radius 1 is 1.25 bits per heavy atom. The van der Waals surface area contributed by atoms with Crippen LogP contribution in [0.3, 0.4) is 0 Å². The zero-order chi connectivity index (χ0) is 11.8. The number of urea groups is 1. The van der Waals surface area contributed by atoms with Crippen molar-refractivity contribution in [2.24, 2.45) is 0 Å². The number of benzene rings is 1. The van der Waals surface area contributed by atoms with Gasteiger partial charge in [0.05, 0.1) is 0 Å². The molecule has 0 unspecified atom stereocenters. The molecule has 1 aromatic carbocycles. The van der Waals surface area contributed by atoms with E-state index < -0.39 is 0 Å². The lowest BCUT2D eigenvalue weighted by Gasteiger charge is -2.07. The molecule has 0 aliphatic rings. The van der Waals surface area contributed by atoms with Gasteiger partial charge in [0.2, 0.25) is 0 Å². The van der Waals surface area contributed by atoms with Gasteiger partial charge in [0.1, 0.15) is 0 Å². The van der Waals surface area contributed by atoms with Crippen LogP contribution in [0, 0.1) is 0 Å². The summed E-state index contributed by atoms with van der Waals surface area (Å²) >= 11 is 5.99. The van der Waals surface area contributed by atoms with Crippen LogP contribution in [0.1, 0.15) is 18.9 Å². The molecular weight excluding hydrogens is 224 g/mol. The van der Waals surface area contributed by atoms with Crippen LogP contribution >= 0.6 is 11.6 Å². The van der Waals surface area contributed by atoms with E-state index in [1.807, 2.05) is 31.2 Å². The van der Waals surface area contributed by atoms with E-state index in [2.05, 4.69) is 10.6 Å². The average molecular weight is 241 g/mol. The third kappa shape index (κ3) is 4.53. The third-order valence-corrected chi connectivity index (χ3v) is 2.54. The fourth-order valence-electron chi connectivity index (χ4n) is 1.31. The molecule has 2 N–H and O–H groups in total. The summed E-state index contributed by atoms with van der Waals surface area (Å²) in [6.07, 6.45) is 1.69. The second kappa shape index (κ2) is 7.12. The summed E-state index contributed by atoms with van der Waals surface area (Å²) in [5, 5.41) is 6.28. The summed E-state index contributed by atoms with van der Waals surface area (Å²) in [5.74, 6) is 0. The molecule has 16 heavy (non-hydrogen) atoms. The Morgan fingerprint density at radius 3 is 2.62 bits per heavy atom. The molecule has 3 nitrogen and oxygen atoms in total. The molecule has 0 fully saturated rings. The van der Waals surface area contributed by atoms with E-state index in [-0.39, 0.29) is 6.03 Å². The largest absolute Gasteiger partial charge is 0.338 e. The van der Waals surface area contributed by atoms with Gasteiger partial charge in [0.25, 0.3) is 0 Å². The smallest absolute Gasteiger partial charge is 0.314 e. The van der Waals surface area contributed by atoms with Gasteiger partial charge in [-0.05, 0) is 24.5 Å². The molecular formula is C12H17ClN2O. The van der Waals surface area contributed by atoms with E-state index in [4.69, 9.17) is 11.6 Å². The van der Waals surface area contributed by atoms with Gasteiger partial charge in [0.15, 0.2) is 0 Å². The fraction of sp³-hybridized carbons (Fsp3) is 0.417. The molecule has 0 spiro atoms. The minimum Gasteiger partial charge on any atom is -0.338 e. The molecule has 0 atom stereocenters. The van der Waals surface area contributed by atoms with Gasteiger partial charge in [-0.3, -0.25) is 0 Å². The van der Waals surface area contributed by atoms with E-state index in [9.17, 15) is 4.79 Å². The van der Waals surface area contributed by atoms with Crippen LogP contribution in [0.25, 0.3) is 0 Å². The Bertz CT molecular complexity index is 342. The predicted octanol–water partition coefficient (Wildman–Crippen LogP) is 2.59. The zero-order valence-electron chi connectivity index (χ0n) is 9.42. The van der Waals surface area contributed by atoms with Crippen molar-refractivity contribution in [3.63, 3.8) is 0 Å². The van der Waals surface area contributed by atoms with Crippen LogP contribution in [-0.4, -0.2) is 19.1 Å². The number of halogens is 1. The Balaban J connectivity index is 2.25. The number of amides is 2. The first-order valence-corrected chi connectivity index (χ1v) is 5.87. The van der Waals surface area contributed by atoms with Gasteiger partial charge in [-0.2, -0.15) is 0 Å². The Hall–Kier alpha value is -1.22. The maximum absolute atomic E-state index is 11.2. The molecule has 0 saturated carbocycles. The van der Waals surface area contributed by atoms with Crippen LogP contribution in [0.15, 0.2) is 24.3 Å². The Morgan fingerprint density at radius 2 is 1.94 bits per heavy atom. The number of hydrogen-bond donors (Lipinski definition) is 2. The highest BCUT2D eigenvalue weighted by atomic mass is 35.5. The maximum Gasteiger partial charge on any atom is 0.314 e. The molecule has 0 aromatic heterocycles. The number of nitrogens with one attached hydrogen (secondary N) is 2. The first-order chi connectivity index (χ1) is 7.74. The summed E-state index contributed by atoms with van der Waals surface area (Å²) in [7, 11) is 0. The number of carbonyl (C=O) groups excluding carboxylic acids is 1. The van der Waals surface area contributed by atoms with E-state index in [0.29, 0.717) is 13.1 Å². The molecule has 0 aliphatic heterocycles. The van der Waals surface area contributed by atoms with Gasteiger partial charge in [-0.25, -0.2) is 4.79 Å². The lowest BCUT2D eigenvalue weighted by atomic mass is 10.1. The van der Waals surface area contributed by atoms with Crippen molar-refractivity contribution in [1.82, 2.24) is 10.6 Å². The number of rotatable bonds is 5. The minimum absolute atomic E-state index is 0.117. The van der Waals surface area contributed by atoms with Gasteiger partial charge >= 0.3 is 6.03 Å². The normalized spacial score (nSPS) is 9.88. The molecule has 0 aliphatic carbocycles. The molecule has 4 heteroatoms. The van der Waals surface area contributed by atoms with Gasteiger partial charge < -0.3 is 10.6 Å².